The normalized spacial score (nSPS) is 16.4. The van der Waals surface area contributed by atoms with Crippen LogP contribution in [0.2, 0.25) is 0 Å². The number of benzene rings is 2. The van der Waals surface area contributed by atoms with Gasteiger partial charge in [-0.25, -0.2) is 0 Å². The summed E-state index contributed by atoms with van der Waals surface area (Å²) < 4.78 is 0. The summed E-state index contributed by atoms with van der Waals surface area (Å²) in [5.41, 5.74) is 5.48. The lowest BCUT2D eigenvalue weighted by atomic mass is 9.84. The fraction of sp³-hybridized carbons (Fsp3) is 0.371. The van der Waals surface area contributed by atoms with Crippen LogP contribution in [0.5, 0.6) is 0 Å². The van der Waals surface area contributed by atoms with E-state index >= 15 is 0 Å². The number of fused-ring (bicyclic) bond motifs is 2. The van der Waals surface area contributed by atoms with E-state index in [1.807, 2.05) is 0 Å². The predicted octanol–water partition coefficient (Wildman–Crippen LogP) is 9.87. The van der Waals surface area contributed by atoms with E-state index in [9.17, 15) is 0 Å². The lowest BCUT2D eigenvalue weighted by Crippen LogP contribution is -2.34. The van der Waals surface area contributed by atoms with Gasteiger partial charge >= 0.3 is 0 Å². The standard InChI is InChI=1S/C35H42N2P2/c1-7-33(3,4)39(34(5,6)8-2)24-27-16-13-17-28(27)35(38,31-22-20-25-14-9-11-18-29(25)36-31)32-23-21-26-15-10-12-19-30(26)37-32/h9-23,27H,7-8,24,38H2,1-6H3. The van der Waals surface area contributed by atoms with Crippen molar-refractivity contribution in [1.29, 1.82) is 0 Å². The molecule has 0 saturated heterocycles. The van der Waals surface area contributed by atoms with E-state index in [0.29, 0.717) is 16.2 Å². The Balaban J connectivity index is 1.66. The van der Waals surface area contributed by atoms with E-state index in [0.717, 1.165) is 33.2 Å². The third-order valence-electron chi connectivity index (χ3n) is 9.05. The van der Waals surface area contributed by atoms with E-state index < -0.39 is 5.16 Å². The van der Waals surface area contributed by atoms with Crippen LogP contribution in [0.3, 0.4) is 0 Å². The number of para-hydroxylation sites is 2. The lowest BCUT2D eigenvalue weighted by Gasteiger charge is -2.47. The molecular weight excluding hydrogens is 510 g/mol. The Hall–Kier alpha value is -2.40. The maximum Gasteiger partial charge on any atom is 0.0902 e. The Bertz CT molecular complexity index is 1450. The predicted molar refractivity (Wildman–Crippen MR) is 175 cm³/mol. The van der Waals surface area contributed by atoms with E-state index in [1.54, 1.807) is 0 Å². The number of pyridine rings is 2. The van der Waals surface area contributed by atoms with Gasteiger partial charge in [0.05, 0.1) is 27.6 Å². The highest BCUT2D eigenvalue weighted by atomic mass is 31.1. The molecule has 2 nitrogen and oxygen atoms in total. The Morgan fingerprint density at radius 2 is 1.21 bits per heavy atom. The van der Waals surface area contributed by atoms with Gasteiger partial charge < -0.3 is 0 Å². The van der Waals surface area contributed by atoms with E-state index in [-0.39, 0.29) is 7.92 Å². The molecule has 0 bridgehead atoms. The number of hydrogen-bond donors (Lipinski definition) is 0. The zero-order chi connectivity index (χ0) is 27.8. The molecule has 0 amide bonds. The van der Waals surface area contributed by atoms with Gasteiger partial charge in [-0.1, -0.05) is 116 Å². The van der Waals surface area contributed by atoms with Crippen molar-refractivity contribution in [1.82, 2.24) is 9.97 Å². The summed E-state index contributed by atoms with van der Waals surface area (Å²) in [6.07, 6.45) is 10.6. The van der Waals surface area contributed by atoms with Crippen molar-refractivity contribution in [2.24, 2.45) is 5.92 Å². The van der Waals surface area contributed by atoms with Gasteiger partial charge in [-0.15, -0.1) is 9.24 Å². The topological polar surface area (TPSA) is 25.8 Å². The Morgan fingerprint density at radius 3 is 1.69 bits per heavy atom. The van der Waals surface area contributed by atoms with Crippen LogP contribution in [0, 0.1) is 5.92 Å². The third kappa shape index (κ3) is 5.24. The molecule has 0 fully saturated rings. The highest BCUT2D eigenvalue weighted by Gasteiger charge is 2.44. The molecule has 5 rings (SSSR count). The van der Waals surface area contributed by atoms with Gasteiger partial charge in [0.15, 0.2) is 0 Å². The van der Waals surface area contributed by atoms with Crippen LogP contribution < -0.4 is 0 Å². The first-order chi connectivity index (χ1) is 18.6. The maximum atomic E-state index is 5.27. The molecule has 1 aliphatic carbocycles. The van der Waals surface area contributed by atoms with Gasteiger partial charge in [0.2, 0.25) is 0 Å². The largest absolute Gasteiger partial charge is 0.251 e. The van der Waals surface area contributed by atoms with Crippen LogP contribution in [-0.4, -0.2) is 26.4 Å². The van der Waals surface area contributed by atoms with E-state index in [1.165, 1.54) is 24.6 Å². The molecule has 2 aromatic carbocycles. The van der Waals surface area contributed by atoms with Crippen molar-refractivity contribution in [3.05, 3.63) is 108 Å². The Morgan fingerprint density at radius 1 is 0.718 bits per heavy atom. The zero-order valence-corrected chi connectivity index (χ0v) is 26.3. The van der Waals surface area contributed by atoms with Gasteiger partial charge in [0.25, 0.3) is 0 Å². The summed E-state index contributed by atoms with van der Waals surface area (Å²) in [6.45, 7) is 14.7. The first kappa shape index (κ1) is 28.1. The third-order valence-corrected chi connectivity index (χ3v) is 14.3. The second-order valence-corrected chi connectivity index (χ2v) is 16.7. The van der Waals surface area contributed by atoms with Crippen molar-refractivity contribution in [3.63, 3.8) is 0 Å². The second kappa shape index (κ2) is 10.9. The van der Waals surface area contributed by atoms with Crippen molar-refractivity contribution < 1.29 is 0 Å². The number of aromatic nitrogens is 2. The quantitative estimate of drug-likeness (QED) is 0.193. The molecule has 0 aliphatic heterocycles. The fourth-order valence-electron chi connectivity index (χ4n) is 5.99. The minimum Gasteiger partial charge on any atom is -0.251 e. The van der Waals surface area contributed by atoms with Crippen molar-refractivity contribution in [2.75, 3.05) is 6.16 Å². The smallest absolute Gasteiger partial charge is 0.0902 e. The summed E-state index contributed by atoms with van der Waals surface area (Å²) >= 11 is 0. The molecule has 0 radical (unpaired) electrons. The molecule has 2 heterocycles. The molecule has 202 valence electrons. The monoisotopic (exact) mass is 552 g/mol. The number of rotatable bonds is 9. The van der Waals surface area contributed by atoms with Gasteiger partial charge in [-0.3, -0.25) is 9.97 Å². The Kier molecular flexibility index (Phi) is 7.85. The van der Waals surface area contributed by atoms with Crippen molar-refractivity contribution in [2.45, 2.75) is 69.9 Å². The van der Waals surface area contributed by atoms with Crippen LogP contribution in [0.15, 0.2) is 96.6 Å². The molecule has 4 aromatic rings. The molecule has 2 atom stereocenters. The molecule has 0 spiro atoms. The maximum absolute atomic E-state index is 5.27. The van der Waals surface area contributed by atoms with Gasteiger partial charge in [-0.2, -0.15) is 0 Å². The molecule has 4 heteroatoms. The van der Waals surface area contributed by atoms with Crippen LogP contribution in [0.4, 0.5) is 0 Å². The number of nitrogens with zero attached hydrogens (tertiary/aromatic N) is 2. The van der Waals surface area contributed by atoms with Crippen LogP contribution in [0.1, 0.15) is 65.8 Å². The van der Waals surface area contributed by atoms with E-state index in [4.69, 9.17) is 9.97 Å². The van der Waals surface area contributed by atoms with Gasteiger partial charge in [-0.05, 0) is 59.2 Å². The Labute approximate surface area is 238 Å². The van der Waals surface area contributed by atoms with Crippen LogP contribution >= 0.6 is 17.2 Å². The minimum atomic E-state index is -0.532. The summed E-state index contributed by atoms with van der Waals surface area (Å²) in [4.78, 5) is 10.5. The number of hydrogen-bond acceptors (Lipinski definition) is 2. The summed E-state index contributed by atoms with van der Waals surface area (Å²) in [5, 5.41) is 2.40. The average Bonchev–Trinajstić information content (AvgIpc) is 3.44. The van der Waals surface area contributed by atoms with Crippen molar-refractivity contribution in [3.8, 4) is 0 Å². The number of allylic oxidation sites excluding steroid dienone is 4. The first-order valence-electron chi connectivity index (χ1n) is 14.3. The molecule has 2 aromatic heterocycles. The highest BCUT2D eigenvalue weighted by Crippen LogP contribution is 2.64. The van der Waals surface area contributed by atoms with Gasteiger partial charge in [0, 0.05) is 16.7 Å². The van der Waals surface area contributed by atoms with Crippen molar-refractivity contribution >= 4 is 39.0 Å². The molecule has 0 N–H and O–H groups in total. The summed E-state index contributed by atoms with van der Waals surface area (Å²) in [5.74, 6) is 0.340. The fourth-order valence-corrected chi connectivity index (χ4v) is 10.7. The summed E-state index contributed by atoms with van der Waals surface area (Å²) in [6, 6.07) is 25.6. The lowest BCUT2D eigenvalue weighted by molar-refractivity contribution is 0.593. The highest BCUT2D eigenvalue weighted by molar-refractivity contribution is 7.60. The summed E-state index contributed by atoms with van der Waals surface area (Å²) in [7, 11) is 2.97. The SMILES string of the molecule is CCC(C)(C)P(CC1C=CC=C1C(P)(c1ccc2ccccc2n1)c1ccc2ccccc2n1)C(C)(C)CC. The van der Waals surface area contributed by atoms with Crippen LogP contribution in [-0.2, 0) is 5.16 Å². The first-order valence-corrected chi connectivity index (χ1v) is 16.4. The molecule has 39 heavy (non-hydrogen) atoms. The molecule has 2 unspecified atom stereocenters. The minimum absolute atomic E-state index is 0.269. The zero-order valence-electron chi connectivity index (χ0n) is 24.3. The molecular formula is C35H42N2P2. The second-order valence-electron chi connectivity index (χ2n) is 12.1. The molecule has 1 aliphatic rings. The van der Waals surface area contributed by atoms with Gasteiger partial charge in [0.1, 0.15) is 0 Å². The van der Waals surface area contributed by atoms with E-state index in [2.05, 4.69) is 142 Å². The average molecular weight is 553 g/mol. The molecule has 0 saturated carbocycles. The van der Waals surface area contributed by atoms with Crippen LogP contribution in [0.25, 0.3) is 21.8 Å².